The van der Waals surface area contributed by atoms with E-state index < -0.39 is 53.2 Å². The van der Waals surface area contributed by atoms with Crippen molar-refractivity contribution in [3.05, 3.63) is 48.3 Å². The van der Waals surface area contributed by atoms with Crippen LogP contribution in [0.3, 0.4) is 0 Å². The number of hydrogen-bond acceptors (Lipinski definition) is 11. The Bertz CT molecular complexity index is 1690. The van der Waals surface area contributed by atoms with Gasteiger partial charge in [0, 0.05) is 37.2 Å². The Morgan fingerprint density at radius 1 is 1.04 bits per heavy atom. The predicted molar refractivity (Wildman–Crippen MR) is 194 cm³/mol. The Hall–Kier alpha value is -4.95. The Labute approximate surface area is 309 Å². The highest BCUT2D eigenvalue weighted by Gasteiger charge is 2.62. The van der Waals surface area contributed by atoms with Crippen molar-refractivity contribution in [2.45, 2.75) is 108 Å². The van der Waals surface area contributed by atoms with Crippen molar-refractivity contribution in [2.24, 2.45) is 5.92 Å². The van der Waals surface area contributed by atoms with Crippen LogP contribution in [0.5, 0.6) is 5.88 Å². The number of alkyl carbamates (subject to hydrolysis) is 1. The summed E-state index contributed by atoms with van der Waals surface area (Å²) in [5.41, 5.74) is -1.43. The van der Waals surface area contributed by atoms with Crippen molar-refractivity contribution in [1.82, 2.24) is 25.5 Å². The first-order valence-corrected chi connectivity index (χ1v) is 18.5. The van der Waals surface area contributed by atoms with Crippen LogP contribution in [0.25, 0.3) is 0 Å². The number of amides is 3. The quantitative estimate of drug-likeness (QED) is 0.265. The van der Waals surface area contributed by atoms with Gasteiger partial charge in [0.25, 0.3) is 0 Å². The fourth-order valence-corrected chi connectivity index (χ4v) is 7.24. The molecule has 6 rings (SSSR count). The summed E-state index contributed by atoms with van der Waals surface area (Å²) in [6.45, 7) is 6.86. The van der Waals surface area contributed by atoms with Crippen molar-refractivity contribution in [1.29, 1.82) is 0 Å². The topological polar surface area (TPSA) is 164 Å². The molecule has 53 heavy (non-hydrogen) atoms. The number of nitrogens with zero attached hydrogens (tertiary/aromatic N) is 4. The molecule has 15 heteroatoms. The van der Waals surface area contributed by atoms with Crippen molar-refractivity contribution < 1.29 is 37.8 Å². The fraction of sp³-hybridized carbons (Fsp3) is 0.579. The lowest BCUT2D eigenvalue weighted by Gasteiger charge is -2.30. The highest BCUT2D eigenvalue weighted by atomic mass is 19.1. The van der Waals surface area contributed by atoms with Crippen LogP contribution in [0.4, 0.5) is 26.6 Å². The lowest BCUT2D eigenvalue weighted by molar-refractivity contribution is -0.148. The van der Waals surface area contributed by atoms with Gasteiger partial charge in [-0.05, 0) is 83.6 Å². The number of halogens is 1. The second kappa shape index (κ2) is 16.0. The van der Waals surface area contributed by atoms with E-state index in [-0.39, 0.29) is 36.5 Å². The van der Waals surface area contributed by atoms with E-state index in [0.717, 1.165) is 45.2 Å². The number of aromatic nitrogens is 2. The van der Waals surface area contributed by atoms with Gasteiger partial charge in [-0.25, -0.2) is 14.0 Å². The van der Waals surface area contributed by atoms with E-state index in [1.165, 1.54) is 24.1 Å². The lowest BCUT2D eigenvalue weighted by atomic mass is 10.0. The van der Waals surface area contributed by atoms with Gasteiger partial charge in [0.2, 0.25) is 23.6 Å². The highest BCUT2D eigenvalue weighted by molar-refractivity contribution is 5.96. The summed E-state index contributed by atoms with van der Waals surface area (Å²) in [6, 6.07) is 5.58. The maximum atomic E-state index is 14.4. The first-order chi connectivity index (χ1) is 25.3. The van der Waals surface area contributed by atoms with Gasteiger partial charge in [-0.1, -0.05) is 25.0 Å². The number of fused-ring (bicyclic) bond motifs is 2. The van der Waals surface area contributed by atoms with Crippen LogP contribution < -0.4 is 25.6 Å². The van der Waals surface area contributed by atoms with E-state index in [1.54, 1.807) is 39.0 Å². The van der Waals surface area contributed by atoms with Crippen LogP contribution in [0.1, 0.15) is 78.6 Å². The molecule has 1 aromatic carbocycles. The molecular weight excluding hydrogens is 685 g/mol. The molecular formula is C38H50FN7O7. The molecule has 4 heterocycles. The van der Waals surface area contributed by atoms with Crippen LogP contribution in [0.2, 0.25) is 0 Å². The Morgan fingerprint density at radius 3 is 2.51 bits per heavy atom. The largest absolute Gasteiger partial charge is 0.472 e. The van der Waals surface area contributed by atoms with Gasteiger partial charge >= 0.3 is 12.1 Å². The Morgan fingerprint density at radius 2 is 1.79 bits per heavy atom. The number of hydrogen-bond donors (Lipinski definition) is 3. The number of anilines is 3. The molecule has 3 N–H and O–H groups in total. The zero-order valence-electron chi connectivity index (χ0n) is 30.9. The third-order valence-electron chi connectivity index (χ3n) is 9.99. The van der Waals surface area contributed by atoms with Gasteiger partial charge in [-0.3, -0.25) is 9.59 Å². The van der Waals surface area contributed by atoms with Crippen LogP contribution in [0, 0.1) is 11.7 Å². The van der Waals surface area contributed by atoms with Gasteiger partial charge in [-0.2, -0.15) is 9.97 Å². The summed E-state index contributed by atoms with van der Waals surface area (Å²) in [6.07, 6.45) is 8.51. The molecule has 286 valence electrons. The summed E-state index contributed by atoms with van der Waals surface area (Å²) >= 11 is 0. The molecule has 3 amide bonds. The molecule has 0 radical (unpaired) electrons. The number of rotatable bonds is 7. The van der Waals surface area contributed by atoms with Gasteiger partial charge < -0.3 is 40.0 Å². The number of esters is 1. The number of benzene rings is 1. The molecule has 4 aliphatic rings. The first kappa shape index (κ1) is 37.8. The molecule has 3 aliphatic heterocycles. The Kier molecular flexibility index (Phi) is 11.4. The maximum absolute atomic E-state index is 14.4. The molecule has 3 fully saturated rings. The lowest BCUT2D eigenvalue weighted by Crippen LogP contribution is -2.56. The third kappa shape index (κ3) is 9.35. The summed E-state index contributed by atoms with van der Waals surface area (Å²) in [4.78, 5) is 67.5. The maximum Gasteiger partial charge on any atom is 0.408 e. The van der Waals surface area contributed by atoms with Crippen molar-refractivity contribution in [2.75, 3.05) is 37.0 Å². The van der Waals surface area contributed by atoms with Crippen LogP contribution in [-0.2, 0) is 23.9 Å². The normalized spacial score (nSPS) is 26.4. The average Bonchev–Trinajstić information content (AvgIpc) is 3.41. The number of methoxy groups -OCH3 is 1. The first-order valence-electron chi connectivity index (χ1n) is 18.5. The minimum atomic E-state index is -1.23. The zero-order chi connectivity index (χ0) is 37.8. The molecule has 2 aromatic rings. The second-order valence-corrected chi connectivity index (χ2v) is 15.2. The van der Waals surface area contributed by atoms with Gasteiger partial charge in [0.15, 0.2) is 0 Å². The second-order valence-electron chi connectivity index (χ2n) is 15.2. The number of allylic oxidation sites excluding steroid dienone is 1. The molecule has 1 aromatic heterocycles. The molecule has 14 nitrogen and oxygen atoms in total. The van der Waals surface area contributed by atoms with Gasteiger partial charge in [0.1, 0.15) is 41.0 Å². The number of carbonyl (C=O) groups is 4. The molecule has 0 bridgehead atoms. The average molecular weight is 736 g/mol. The molecule has 0 spiro atoms. The van der Waals surface area contributed by atoms with E-state index in [9.17, 15) is 23.6 Å². The zero-order valence-corrected chi connectivity index (χ0v) is 30.9. The minimum Gasteiger partial charge on any atom is -0.472 e. The molecule has 1 aliphatic carbocycles. The van der Waals surface area contributed by atoms with E-state index in [0.29, 0.717) is 30.8 Å². The van der Waals surface area contributed by atoms with Crippen molar-refractivity contribution in [3.8, 4) is 5.88 Å². The Balaban J connectivity index is 1.29. The van der Waals surface area contributed by atoms with Gasteiger partial charge in [0.05, 0.1) is 13.7 Å². The van der Waals surface area contributed by atoms with Crippen LogP contribution in [0.15, 0.2) is 42.5 Å². The summed E-state index contributed by atoms with van der Waals surface area (Å²) in [7, 11) is 1.29. The molecule has 2 saturated heterocycles. The minimum absolute atomic E-state index is 0.0156. The predicted octanol–water partition coefficient (Wildman–Crippen LogP) is 4.77. The SMILES string of the molecule is COC(=O)[C@@]12C[C@H]1C=CCCCCC[C@H](NC(=O)OC(C)(C)C)C(=O)N1C[C@H](Oc3cc(N4CCCC4)nc(Nc4ccc(F)cc4)n3)C[C@H]1C(=O)N2. The molecule has 0 unspecified atom stereocenters. The highest BCUT2D eigenvalue weighted by Crippen LogP contribution is 2.46. The third-order valence-corrected chi connectivity index (χ3v) is 9.99. The standard InChI is InChI=1S/C38H50FN7O7/c1-37(2,3)53-36(50)41-28-13-9-7-5-6-8-12-24-22-38(24,34(49)51-4)44-32(47)29-20-27(23-46(29)33(28)48)52-31-21-30(45-18-10-11-19-45)42-35(43-31)40-26-16-14-25(39)15-17-26/h8,12,14-17,21,24,27-29H,5-7,9-11,13,18-20,22-23H2,1-4H3,(H,41,50)(H,44,47)(H,40,42,43)/t24-,27-,28+,29+,38-/m1/s1. The summed E-state index contributed by atoms with van der Waals surface area (Å²) in [5.74, 6) is -1.00. The summed E-state index contributed by atoms with van der Waals surface area (Å²) in [5, 5.41) is 8.83. The smallest absolute Gasteiger partial charge is 0.408 e. The number of nitrogens with one attached hydrogen (secondary N) is 3. The van der Waals surface area contributed by atoms with Crippen molar-refractivity contribution >= 4 is 41.3 Å². The molecule has 5 atom stereocenters. The fourth-order valence-electron chi connectivity index (χ4n) is 7.24. The van der Waals surface area contributed by atoms with E-state index >= 15 is 0 Å². The van der Waals surface area contributed by atoms with E-state index in [4.69, 9.17) is 19.2 Å². The van der Waals surface area contributed by atoms with Crippen LogP contribution >= 0.6 is 0 Å². The monoisotopic (exact) mass is 735 g/mol. The summed E-state index contributed by atoms with van der Waals surface area (Å²) < 4.78 is 30.7. The van der Waals surface area contributed by atoms with Gasteiger partial charge in [-0.15, -0.1) is 0 Å². The number of ether oxygens (including phenoxy) is 3. The van der Waals surface area contributed by atoms with Crippen LogP contribution in [-0.4, -0.2) is 94.8 Å². The number of carbonyl (C=O) groups excluding carboxylic acids is 4. The molecule has 1 saturated carbocycles. The van der Waals surface area contributed by atoms with E-state index in [2.05, 4.69) is 25.8 Å². The van der Waals surface area contributed by atoms with E-state index in [1.807, 2.05) is 12.2 Å². The van der Waals surface area contributed by atoms with Crippen molar-refractivity contribution in [3.63, 3.8) is 0 Å².